The molecule has 2 aromatic heterocycles. The molecule has 1 N–H and O–H groups in total. The van der Waals surface area contributed by atoms with Crippen molar-refractivity contribution in [3.63, 3.8) is 0 Å². The number of benzene rings is 1. The van der Waals surface area contributed by atoms with Crippen LogP contribution in [0.3, 0.4) is 0 Å². The average Bonchev–Trinajstić information content (AvgIpc) is 2.80. The molecule has 0 spiro atoms. The van der Waals surface area contributed by atoms with Crippen LogP contribution in [0.5, 0.6) is 0 Å². The van der Waals surface area contributed by atoms with Crippen LogP contribution < -0.4 is 5.32 Å². The fourth-order valence-electron chi connectivity index (χ4n) is 2.07. The van der Waals surface area contributed by atoms with Crippen LogP contribution in [0.1, 0.15) is 24.1 Å². The van der Waals surface area contributed by atoms with E-state index in [0.29, 0.717) is 5.95 Å². The number of nitrogens with one attached hydrogen (secondary N) is 1. The lowest BCUT2D eigenvalue weighted by Crippen LogP contribution is -2.07. The summed E-state index contributed by atoms with van der Waals surface area (Å²) < 4.78 is 14.6. The summed E-state index contributed by atoms with van der Waals surface area (Å²) >= 11 is 0. The van der Waals surface area contributed by atoms with E-state index >= 15 is 0 Å². The molecule has 0 aliphatic heterocycles. The van der Waals surface area contributed by atoms with Crippen molar-refractivity contribution >= 4 is 11.6 Å². The molecule has 0 saturated heterocycles. The summed E-state index contributed by atoms with van der Waals surface area (Å²) in [4.78, 5) is 4.42. The molecule has 0 aliphatic carbocycles. The predicted octanol–water partition coefficient (Wildman–Crippen LogP) is 3.35. The van der Waals surface area contributed by atoms with Gasteiger partial charge in [0.15, 0.2) is 5.65 Å². The first kappa shape index (κ1) is 12.6. The van der Waals surface area contributed by atoms with Crippen molar-refractivity contribution in [3.05, 3.63) is 59.5 Å². The zero-order chi connectivity index (χ0) is 14.1. The second kappa shape index (κ2) is 4.92. The maximum absolute atomic E-state index is 12.9. The number of hydrogen-bond acceptors (Lipinski definition) is 3. The summed E-state index contributed by atoms with van der Waals surface area (Å²) in [6, 6.07) is 10.4. The lowest BCUT2D eigenvalue weighted by molar-refractivity contribution is 0.626. The molecule has 5 heteroatoms. The lowest BCUT2D eigenvalue weighted by atomic mass is 10.1. The van der Waals surface area contributed by atoms with Gasteiger partial charge in [0, 0.05) is 6.20 Å². The number of aromatic nitrogens is 3. The first-order valence-electron chi connectivity index (χ1n) is 6.47. The monoisotopic (exact) mass is 270 g/mol. The highest BCUT2D eigenvalue weighted by Gasteiger charge is 2.09. The van der Waals surface area contributed by atoms with Crippen molar-refractivity contribution in [2.24, 2.45) is 0 Å². The van der Waals surface area contributed by atoms with E-state index in [1.807, 2.05) is 32.2 Å². The molecule has 0 radical (unpaired) electrons. The van der Waals surface area contributed by atoms with Gasteiger partial charge in [0.05, 0.1) is 6.04 Å². The van der Waals surface area contributed by atoms with E-state index in [1.165, 1.54) is 12.1 Å². The van der Waals surface area contributed by atoms with E-state index in [1.54, 1.807) is 16.6 Å². The Morgan fingerprint density at radius 2 is 1.95 bits per heavy atom. The maximum Gasteiger partial charge on any atom is 0.243 e. The van der Waals surface area contributed by atoms with Crippen LogP contribution >= 0.6 is 0 Å². The van der Waals surface area contributed by atoms with Crippen molar-refractivity contribution in [1.82, 2.24) is 14.6 Å². The number of hydrogen-bond donors (Lipinski definition) is 1. The lowest BCUT2D eigenvalue weighted by Gasteiger charge is -2.12. The van der Waals surface area contributed by atoms with Crippen LogP contribution in [-0.4, -0.2) is 14.6 Å². The van der Waals surface area contributed by atoms with E-state index in [0.717, 1.165) is 16.8 Å². The second-order valence-corrected chi connectivity index (χ2v) is 4.86. The Labute approximate surface area is 116 Å². The number of nitrogens with zero attached hydrogens (tertiary/aromatic N) is 3. The van der Waals surface area contributed by atoms with Gasteiger partial charge in [-0.15, -0.1) is 5.10 Å². The molecule has 1 unspecified atom stereocenters. The summed E-state index contributed by atoms with van der Waals surface area (Å²) in [5, 5.41) is 7.58. The van der Waals surface area contributed by atoms with Crippen LogP contribution in [0.15, 0.2) is 42.6 Å². The third-order valence-corrected chi connectivity index (χ3v) is 3.21. The zero-order valence-electron chi connectivity index (χ0n) is 11.3. The molecule has 0 saturated carbocycles. The van der Waals surface area contributed by atoms with Gasteiger partial charge in [-0.3, -0.25) is 0 Å². The fourth-order valence-corrected chi connectivity index (χ4v) is 2.07. The minimum atomic E-state index is -0.234. The van der Waals surface area contributed by atoms with Gasteiger partial charge in [0.1, 0.15) is 5.82 Å². The summed E-state index contributed by atoms with van der Waals surface area (Å²) in [6.45, 7) is 4.01. The van der Waals surface area contributed by atoms with Gasteiger partial charge in [-0.1, -0.05) is 12.1 Å². The van der Waals surface area contributed by atoms with Crippen molar-refractivity contribution in [2.45, 2.75) is 19.9 Å². The Kier molecular flexibility index (Phi) is 3.10. The Balaban J connectivity index is 1.83. The van der Waals surface area contributed by atoms with E-state index < -0.39 is 0 Å². The van der Waals surface area contributed by atoms with Crippen molar-refractivity contribution in [3.8, 4) is 0 Å². The minimum Gasteiger partial charge on any atom is -0.346 e. The molecule has 0 fully saturated rings. The summed E-state index contributed by atoms with van der Waals surface area (Å²) in [7, 11) is 0. The van der Waals surface area contributed by atoms with Gasteiger partial charge in [-0.25, -0.2) is 8.91 Å². The Bertz CT molecular complexity index is 733. The predicted molar refractivity (Wildman–Crippen MR) is 76.2 cm³/mol. The third kappa shape index (κ3) is 2.47. The molecule has 3 rings (SSSR count). The van der Waals surface area contributed by atoms with E-state index in [2.05, 4.69) is 15.4 Å². The molecule has 2 heterocycles. The highest BCUT2D eigenvalue weighted by atomic mass is 19.1. The van der Waals surface area contributed by atoms with E-state index in [9.17, 15) is 4.39 Å². The molecule has 1 aromatic carbocycles. The molecule has 3 aromatic rings. The highest BCUT2D eigenvalue weighted by molar-refractivity contribution is 5.46. The van der Waals surface area contributed by atoms with Gasteiger partial charge in [-0.2, -0.15) is 4.98 Å². The van der Waals surface area contributed by atoms with Crippen molar-refractivity contribution < 1.29 is 4.39 Å². The maximum atomic E-state index is 12.9. The zero-order valence-corrected chi connectivity index (χ0v) is 11.3. The number of fused-ring (bicyclic) bond motifs is 1. The fraction of sp³-hybridized carbons (Fsp3) is 0.200. The van der Waals surface area contributed by atoms with Gasteiger partial charge < -0.3 is 5.32 Å². The topological polar surface area (TPSA) is 42.2 Å². The smallest absolute Gasteiger partial charge is 0.243 e. The first-order valence-corrected chi connectivity index (χ1v) is 6.47. The van der Waals surface area contributed by atoms with Crippen LogP contribution in [0.25, 0.3) is 5.65 Å². The van der Waals surface area contributed by atoms with Gasteiger partial charge in [0.25, 0.3) is 0 Å². The minimum absolute atomic E-state index is 0.00843. The Morgan fingerprint density at radius 3 is 2.70 bits per heavy atom. The van der Waals surface area contributed by atoms with Crippen molar-refractivity contribution in [1.29, 1.82) is 0 Å². The van der Waals surface area contributed by atoms with Crippen LogP contribution in [-0.2, 0) is 0 Å². The average molecular weight is 270 g/mol. The number of rotatable bonds is 3. The quantitative estimate of drug-likeness (QED) is 0.793. The molecule has 102 valence electrons. The van der Waals surface area contributed by atoms with Gasteiger partial charge in [-0.05, 0) is 49.2 Å². The summed E-state index contributed by atoms with van der Waals surface area (Å²) in [5.74, 6) is 0.328. The Hall–Kier alpha value is -2.43. The number of aryl methyl sites for hydroxylation is 1. The first-order chi connectivity index (χ1) is 9.61. The third-order valence-electron chi connectivity index (χ3n) is 3.21. The van der Waals surface area contributed by atoms with Crippen LogP contribution in [0, 0.1) is 12.7 Å². The summed E-state index contributed by atoms with van der Waals surface area (Å²) in [5.41, 5.74) is 2.93. The molecular formula is C15H15FN4. The molecule has 4 nitrogen and oxygen atoms in total. The summed E-state index contributed by atoms with van der Waals surface area (Å²) in [6.07, 6.45) is 1.88. The SMILES string of the molecule is Cc1ccn2nc(NC(C)c3ccc(F)cc3)nc2c1. The normalized spacial score (nSPS) is 12.6. The highest BCUT2D eigenvalue weighted by Crippen LogP contribution is 2.18. The second-order valence-electron chi connectivity index (χ2n) is 4.86. The number of halogens is 1. The molecule has 1 atom stereocenters. The van der Waals surface area contributed by atoms with Gasteiger partial charge in [0.2, 0.25) is 5.95 Å². The molecule has 20 heavy (non-hydrogen) atoms. The standard InChI is InChI=1S/C15H15FN4/c1-10-7-8-20-14(9-10)18-15(19-20)17-11(2)12-3-5-13(16)6-4-12/h3-9,11H,1-2H3,(H,17,19). The van der Waals surface area contributed by atoms with Crippen LogP contribution in [0.2, 0.25) is 0 Å². The molecule has 0 amide bonds. The van der Waals surface area contributed by atoms with E-state index in [4.69, 9.17) is 0 Å². The van der Waals surface area contributed by atoms with Crippen LogP contribution in [0.4, 0.5) is 10.3 Å². The molecule has 0 bridgehead atoms. The number of anilines is 1. The Morgan fingerprint density at radius 1 is 1.20 bits per heavy atom. The molecular weight excluding hydrogens is 255 g/mol. The van der Waals surface area contributed by atoms with Crippen molar-refractivity contribution in [2.75, 3.05) is 5.32 Å². The number of pyridine rings is 1. The van der Waals surface area contributed by atoms with E-state index in [-0.39, 0.29) is 11.9 Å². The van der Waals surface area contributed by atoms with Gasteiger partial charge >= 0.3 is 0 Å². The molecule has 0 aliphatic rings. The largest absolute Gasteiger partial charge is 0.346 e.